The minimum atomic E-state index is 0. The van der Waals surface area contributed by atoms with Crippen LogP contribution >= 0.6 is 0 Å². The SMILES string of the molecule is [Br-].[Br-].[Mg+2].c1cc[c]([Cu][c]2ccccc2)cc1. The van der Waals surface area contributed by atoms with Gasteiger partial charge in [0.15, 0.2) is 0 Å². The molecule has 0 atom stereocenters. The van der Waals surface area contributed by atoms with E-state index in [9.17, 15) is 0 Å². The third kappa shape index (κ3) is 6.43. The van der Waals surface area contributed by atoms with Crippen LogP contribution in [0.5, 0.6) is 0 Å². The molecule has 0 aromatic heterocycles. The average molecular weight is 402 g/mol. The van der Waals surface area contributed by atoms with E-state index in [0.717, 1.165) is 0 Å². The van der Waals surface area contributed by atoms with E-state index < -0.39 is 0 Å². The van der Waals surface area contributed by atoms with Gasteiger partial charge in [0.1, 0.15) is 0 Å². The van der Waals surface area contributed by atoms with Crippen LogP contribution < -0.4 is 42.9 Å². The zero-order valence-electron chi connectivity index (χ0n) is 8.54. The van der Waals surface area contributed by atoms with Crippen LogP contribution in [0.4, 0.5) is 0 Å². The van der Waals surface area contributed by atoms with E-state index in [1.165, 1.54) is 8.92 Å². The molecule has 2 rings (SSSR count). The Morgan fingerprint density at radius 2 is 0.875 bits per heavy atom. The molecule has 2 aromatic carbocycles. The summed E-state index contributed by atoms with van der Waals surface area (Å²) in [5.41, 5.74) is 0. The molecular formula is C12H10Br2CuMg. The molecule has 4 heteroatoms. The summed E-state index contributed by atoms with van der Waals surface area (Å²) < 4.78 is 2.55. The van der Waals surface area contributed by atoms with E-state index in [4.69, 9.17) is 0 Å². The molecule has 0 N–H and O–H groups in total. The molecule has 0 heterocycles. The van der Waals surface area contributed by atoms with Gasteiger partial charge in [0, 0.05) is 0 Å². The van der Waals surface area contributed by atoms with Crippen molar-refractivity contribution in [3.05, 3.63) is 60.7 Å². The fourth-order valence-electron chi connectivity index (χ4n) is 1.00. The van der Waals surface area contributed by atoms with Crippen molar-refractivity contribution < 1.29 is 48.9 Å². The Labute approximate surface area is 140 Å². The Morgan fingerprint density at radius 1 is 0.562 bits per heavy atom. The number of hydrogen-bond donors (Lipinski definition) is 0. The minimum absolute atomic E-state index is 0. The van der Waals surface area contributed by atoms with Crippen LogP contribution in [-0.4, -0.2) is 23.1 Å². The van der Waals surface area contributed by atoms with Gasteiger partial charge in [0.05, 0.1) is 0 Å². The summed E-state index contributed by atoms with van der Waals surface area (Å²) in [6, 6.07) is 20.8. The summed E-state index contributed by atoms with van der Waals surface area (Å²) in [5.74, 6) is 0. The van der Waals surface area contributed by atoms with Crippen LogP contribution in [0.3, 0.4) is 0 Å². The molecule has 85 valence electrons. The van der Waals surface area contributed by atoms with Gasteiger partial charge >= 0.3 is 108 Å². The maximum absolute atomic E-state index is 2.12. The first kappa shape index (κ1) is 19.0. The van der Waals surface area contributed by atoms with Gasteiger partial charge in [0.25, 0.3) is 0 Å². The fourth-order valence-corrected chi connectivity index (χ4v) is 1.99. The molecule has 0 radical (unpaired) electrons. The second-order valence-corrected chi connectivity index (χ2v) is 3.90. The molecule has 0 aliphatic carbocycles. The average Bonchev–Trinajstić information content (AvgIpc) is 2.21. The predicted molar refractivity (Wildman–Crippen MR) is 57.9 cm³/mol. The summed E-state index contributed by atoms with van der Waals surface area (Å²) in [6.45, 7) is 0. The van der Waals surface area contributed by atoms with Crippen LogP contribution in [0.15, 0.2) is 60.7 Å². The van der Waals surface area contributed by atoms with Crippen molar-refractivity contribution in [2.45, 2.75) is 0 Å². The van der Waals surface area contributed by atoms with Crippen molar-refractivity contribution in [3.63, 3.8) is 0 Å². The monoisotopic (exact) mass is 399 g/mol. The first-order chi connectivity index (χ1) is 6.45. The molecule has 0 unspecified atom stereocenters. The summed E-state index contributed by atoms with van der Waals surface area (Å²) in [7, 11) is 0. The molecule has 16 heavy (non-hydrogen) atoms. The van der Waals surface area contributed by atoms with Crippen molar-refractivity contribution in [2.75, 3.05) is 0 Å². The third-order valence-corrected chi connectivity index (χ3v) is 2.76. The molecule has 0 fully saturated rings. The van der Waals surface area contributed by atoms with Crippen molar-refractivity contribution in [3.8, 4) is 0 Å². The van der Waals surface area contributed by atoms with Crippen molar-refractivity contribution in [2.24, 2.45) is 0 Å². The molecule has 0 bridgehead atoms. The van der Waals surface area contributed by atoms with E-state index in [2.05, 4.69) is 48.5 Å². The van der Waals surface area contributed by atoms with Crippen molar-refractivity contribution >= 4 is 32.0 Å². The van der Waals surface area contributed by atoms with E-state index in [1.807, 2.05) is 27.1 Å². The van der Waals surface area contributed by atoms with E-state index in [-0.39, 0.29) is 57.0 Å². The van der Waals surface area contributed by atoms with Gasteiger partial charge in [-0.15, -0.1) is 0 Å². The predicted octanol–water partition coefficient (Wildman–Crippen LogP) is -4.65. The second kappa shape index (κ2) is 10.8. The molecule has 0 nitrogen and oxygen atoms in total. The number of hydrogen-bond acceptors (Lipinski definition) is 0. The first-order valence-corrected chi connectivity index (χ1v) is 5.06. The van der Waals surface area contributed by atoms with Crippen molar-refractivity contribution in [1.82, 2.24) is 0 Å². The zero-order valence-corrected chi connectivity index (χ0v) is 14.1. The molecule has 0 amide bonds. The van der Waals surface area contributed by atoms with E-state index >= 15 is 0 Å². The Kier molecular flexibility index (Phi) is 12.9. The van der Waals surface area contributed by atoms with Gasteiger partial charge < -0.3 is 34.0 Å². The fraction of sp³-hybridized carbons (Fsp3) is 0. The quantitative estimate of drug-likeness (QED) is 0.444. The van der Waals surface area contributed by atoms with E-state index in [1.54, 1.807) is 0 Å². The van der Waals surface area contributed by atoms with Gasteiger partial charge in [0.2, 0.25) is 0 Å². The Balaban J connectivity index is 0. The van der Waals surface area contributed by atoms with Crippen LogP contribution in [0.25, 0.3) is 0 Å². The van der Waals surface area contributed by atoms with Gasteiger partial charge in [-0.1, -0.05) is 0 Å². The number of rotatable bonds is 2. The zero-order chi connectivity index (χ0) is 8.93. The van der Waals surface area contributed by atoms with Gasteiger partial charge in [-0.3, -0.25) is 0 Å². The number of benzene rings is 2. The maximum atomic E-state index is 2.12. The standard InChI is InChI=1S/2C6H5.2BrH.Cu.Mg/c2*1-2-4-6-5-3-1;;;;/h2*1-5H;2*1H;;/q;;;;;+2/p-2. The summed E-state index contributed by atoms with van der Waals surface area (Å²) in [5, 5.41) is 0. The van der Waals surface area contributed by atoms with Crippen LogP contribution in [-0.2, 0) is 15.0 Å². The molecule has 2 aromatic rings. The Hall–Kier alpha value is 0.686. The normalized spacial score (nSPS) is 8.25. The summed E-state index contributed by atoms with van der Waals surface area (Å²) >= 11 is 1.88. The summed E-state index contributed by atoms with van der Waals surface area (Å²) in [4.78, 5) is 0. The molecule has 0 aliphatic rings. The molecular weight excluding hydrogens is 392 g/mol. The van der Waals surface area contributed by atoms with Crippen molar-refractivity contribution in [1.29, 1.82) is 0 Å². The first-order valence-electron chi connectivity index (χ1n) is 4.12. The second-order valence-electron chi connectivity index (χ2n) is 2.58. The molecule has 0 saturated heterocycles. The molecule has 0 spiro atoms. The van der Waals surface area contributed by atoms with Gasteiger partial charge in [-0.2, -0.15) is 0 Å². The van der Waals surface area contributed by atoms with Crippen LogP contribution in [0, 0.1) is 0 Å². The number of halogens is 2. The topological polar surface area (TPSA) is 0 Å². The molecule has 0 aliphatic heterocycles. The van der Waals surface area contributed by atoms with Crippen LogP contribution in [0.1, 0.15) is 0 Å². The third-order valence-electron chi connectivity index (χ3n) is 1.59. The Bertz CT molecular complexity index is 330. The van der Waals surface area contributed by atoms with Gasteiger partial charge in [-0.05, 0) is 0 Å². The Morgan fingerprint density at radius 3 is 1.19 bits per heavy atom. The van der Waals surface area contributed by atoms with E-state index in [0.29, 0.717) is 0 Å². The summed E-state index contributed by atoms with van der Waals surface area (Å²) in [6.07, 6.45) is 0. The van der Waals surface area contributed by atoms with Crippen LogP contribution in [0.2, 0.25) is 0 Å². The molecule has 0 saturated carbocycles. The van der Waals surface area contributed by atoms with Gasteiger partial charge in [-0.25, -0.2) is 0 Å².